The number of carbonyl (C=O) groups is 1. The van der Waals surface area contributed by atoms with E-state index in [2.05, 4.69) is 10.6 Å². The molecule has 1 unspecified atom stereocenters. The zero-order valence-corrected chi connectivity index (χ0v) is 15.9. The van der Waals surface area contributed by atoms with Gasteiger partial charge in [0.25, 0.3) is 10.0 Å². The van der Waals surface area contributed by atoms with Gasteiger partial charge in [-0.1, -0.05) is 0 Å². The number of amides is 1. The molecular formula is C15H24ClN3O3S2. The highest BCUT2D eigenvalue weighted by molar-refractivity contribution is 7.91. The van der Waals surface area contributed by atoms with E-state index < -0.39 is 10.0 Å². The molecule has 136 valence electrons. The Labute approximate surface area is 153 Å². The first-order valence-corrected chi connectivity index (χ1v) is 10.4. The molecule has 2 fully saturated rings. The van der Waals surface area contributed by atoms with Gasteiger partial charge in [0.05, 0.1) is 6.42 Å². The highest BCUT2D eigenvalue weighted by atomic mass is 35.5. The summed E-state index contributed by atoms with van der Waals surface area (Å²) >= 11 is 1.21. The summed E-state index contributed by atoms with van der Waals surface area (Å²) in [5, 5.41) is 6.26. The smallest absolute Gasteiger partial charge is 0.252 e. The Hall–Kier alpha value is -0.670. The van der Waals surface area contributed by atoms with Crippen LogP contribution in [0.3, 0.4) is 0 Å². The van der Waals surface area contributed by atoms with Gasteiger partial charge >= 0.3 is 0 Å². The summed E-state index contributed by atoms with van der Waals surface area (Å²) in [7, 11) is -3.37. The van der Waals surface area contributed by atoms with Crippen molar-refractivity contribution in [3.05, 3.63) is 17.0 Å². The first kappa shape index (κ1) is 19.7. The van der Waals surface area contributed by atoms with Crippen LogP contribution < -0.4 is 10.6 Å². The van der Waals surface area contributed by atoms with Gasteiger partial charge in [0, 0.05) is 30.6 Å². The standard InChI is InChI=1S/C15H23N3O3S2.ClH/c19-14(17-11-12-4-3-7-16-12)10-13-5-6-15(22-13)23(20,21)18-8-1-2-9-18;/h5-6,12,16H,1-4,7-11H2,(H,17,19);1H. The van der Waals surface area contributed by atoms with Crippen LogP contribution >= 0.6 is 23.7 Å². The number of hydrogen-bond acceptors (Lipinski definition) is 5. The Kier molecular flexibility index (Phi) is 7.06. The van der Waals surface area contributed by atoms with Crippen LogP contribution in [0, 0.1) is 0 Å². The van der Waals surface area contributed by atoms with Gasteiger partial charge < -0.3 is 10.6 Å². The lowest BCUT2D eigenvalue weighted by Crippen LogP contribution is -2.37. The third kappa shape index (κ3) is 4.70. The van der Waals surface area contributed by atoms with Crippen molar-refractivity contribution in [3.63, 3.8) is 0 Å². The van der Waals surface area contributed by atoms with Crippen molar-refractivity contribution >= 4 is 39.7 Å². The lowest BCUT2D eigenvalue weighted by molar-refractivity contribution is -0.120. The molecule has 1 aromatic heterocycles. The van der Waals surface area contributed by atoms with E-state index in [1.54, 1.807) is 12.1 Å². The fourth-order valence-electron chi connectivity index (χ4n) is 3.04. The summed E-state index contributed by atoms with van der Waals surface area (Å²) in [4.78, 5) is 12.8. The molecule has 1 atom stereocenters. The van der Waals surface area contributed by atoms with E-state index in [4.69, 9.17) is 0 Å². The van der Waals surface area contributed by atoms with E-state index in [-0.39, 0.29) is 24.7 Å². The zero-order chi connectivity index (χ0) is 16.3. The zero-order valence-electron chi connectivity index (χ0n) is 13.5. The average molecular weight is 394 g/mol. The first-order chi connectivity index (χ1) is 11.1. The summed E-state index contributed by atoms with van der Waals surface area (Å²) in [6, 6.07) is 3.74. The lowest BCUT2D eigenvalue weighted by atomic mass is 10.2. The fourth-order valence-corrected chi connectivity index (χ4v) is 6.06. The Morgan fingerprint density at radius 1 is 1.29 bits per heavy atom. The van der Waals surface area contributed by atoms with Crippen LogP contribution in [0.25, 0.3) is 0 Å². The molecule has 2 N–H and O–H groups in total. The average Bonchev–Trinajstić information content (AvgIpc) is 3.26. The second-order valence-corrected chi connectivity index (χ2v) is 9.44. The van der Waals surface area contributed by atoms with Crippen molar-refractivity contribution in [3.8, 4) is 0 Å². The molecule has 3 rings (SSSR count). The van der Waals surface area contributed by atoms with Gasteiger partial charge in [-0.15, -0.1) is 23.7 Å². The summed E-state index contributed by atoms with van der Waals surface area (Å²) < 4.78 is 26.8. The topological polar surface area (TPSA) is 78.5 Å². The first-order valence-electron chi connectivity index (χ1n) is 8.14. The molecule has 24 heavy (non-hydrogen) atoms. The van der Waals surface area contributed by atoms with E-state index >= 15 is 0 Å². The second kappa shape index (κ2) is 8.62. The van der Waals surface area contributed by atoms with Crippen LogP contribution in [0.4, 0.5) is 0 Å². The minimum Gasteiger partial charge on any atom is -0.354 e. The molecule has 0 aromatic carbocycles. The van der Waals surface area contributed by atoms with Crippen LogP contribution in [-0.4, -0.2) is 50.9 Å². The number of thiophene rings is 1. The molecule has 0 bridgehead atoms. The number of nitrogens with zero attached hydrogens (tertiary/aromatic N) is 1. The van der Waals surface area contributed by atoms with Gasteiger partial charge in [-0.05, 0) is 44.4 Å². The van der Waals surface area contributed by atoms with Crippen LogP contribution in [0.5, 0.6) is 0 Å². The minimum absolute atomic E-state index is 0. The molecule has 1 aromatic rings. The third-order valence-electron chi connectivity index (χ3n) is 4.34. The molecule has 2 aliphatic rings. The highest BCUT2D eigenvalue weighted by Gasteiger charge is 2.28. The maximum atomic E-state index is 12.5. The molecule has 2 aliphatic heterocycles. The molecule has 0 aliphatic carbocycles. The Morgan fingerprint density at radius 3 is 2.71 bits per heavy atom. The predicted molar refractivity (Wildman–Crippen MR) is 97.3 cm³/mol. The molecular weight excluding hydrogens is 370 g/mol. The van der Waals surface area contributed by atoms with E-state index in [9.17, 15) is 13.2 Å². The van der Waals surface area contributed by atoms with Gasteiger partial charge in [-0.2, -0.15) is 4.31 Å². The number of sulfonamides is 1. The van der Waals surface area contributed by atoms with Crippen molar-refractivity contribution in [2.75, 3.05) is 26.2 Å². The van der Waals surface area contributed by atoms with E-state index in [0.29, 0.717) is 29.9 Å². The highest BCUT2D eigenvalue weighted by Crippen LogP contribution is 2.27. The summed E-state index contributed by atoms with van der Waals surface area (Å²) in [6.45, 7) is 2.86. The molecule has 9 heteroatoms. The summed E-state index contributed by atoms with van der Waals surface area (Å²) in [6.07, 6.45) is 4.34. The van der Waals surface area contributed by atoms with Crippen molar-refractivity contribution in [1.29, 1.82) is 0 Å². The van der Waals surface area contributed by atoms with Gasteiger partial charge in [0.15, 0.2) is 0 Å². The second-order valence-electron chi connectivity index (χ2n) is 6.11. The molecule has 0 radical (unpaired) electrons. The Bertz CT molecular complexity index is 651. The molecule has 0 saturated carbocycles. The van der Waals surface area contributed by atoms with Gasteiger partial charge in [0.2, 0.25) is 5.91 Å². The van der Waals surface area contributed by atoms with Crippen LogP contribution in [0.1, 0.15) is 30.6 Å². The summed E-state index contributed by atoms with van der Waals surface area (Å²) in [5.74, 6) is -0.0503. The van der Waals surface area contributed by atoms with Crippen molar-refractivity contribution in [2.24, 2.45) is 0 Å². The number of nitrogens with one attached hydrogen (secondary N) is 2. The van der Waals surface area contributed by atoms with Crippen LogP contribution in [0.15, 0.2) is 16.3 Å². The Morgan fingerprint density at radius 2 is 2.04 bits per heavy atom. The van der Waals surface area contributed by atoms with Gasteiger partial charge in [-0.3, -0.25) is 4.79 Å². The van der Waals surface area contributed by atoms with Crippen LogP contribution in [-0.2, 0) is 21.2 Å². The molecule has 2 saturated heterocycles. The van der Waals surface area contributed by atoms with E-state index in [0.717, 1.165) is 37.1 Å². The third-order valence-corrected chi connectivity index (χ3v) is 7.79. The summed E-state index contributed by atoms with van der Waals surface area (Å²) in [5.41, 5.74) is 0. The van der Waals surface area contributed by atoms with Crippen molar-refractivity contribution in [1.82, 2.24) is 14.9 Å². The van der Waals surface area contributed by atoms with Crippen molar-refractivity contribution in [2.45, 2.75) is 42.4 Å². The molecule has 1 amide bonds. The van der Waals surface area contributed by atoms with Gasteiger partial charge in [-0.25, -0.2) is 8.42 Å². The number of halogens is 1. The lowest BCUT2D eigenvalue weighted by Gasteiger charge is -2.13. The minimum atomic E-state index is -3.37. The maximum absolute atomic E-state index is 12.5. The van der Waals surface area contributed by atoms with Crippen LogP contribution in [0.2, 0.25) is 0 Å². The maximum Gasteiger partial charge on any atom is 0.252 e. The number of hydrogen-bond donors (Lipinski definition) is 2. The number of carbonyl (C=O) groups excluding carboxylic acids is 1. The Balaban J connectivity index is 0.00000208. The largest absolute Gasteiger partial charge is 0.354 e. The van der Waals surface area contributed by atoms with Gasteiger partial charge in [0.1, 0.15) is 4.21 Å². The van der Waals surface area contributed by atoms with Crippen molar-refractivity contribution < 1.29 is 13.2 Å². The molecule has 6 nitrogen and oxygen atoms in total. The quantitative estimate of drug-likeness (QED) is 0.765. The number of rotatable bonds is 6. The normalized spacial score (nSPS) is 21.6. The molecule has 3 heterocycles. The molecule has 0 spiro atoms. The monoisotopic (exact) mass is 393 g/mol. The predicted octanol–water partition coefficient (Wildman–Crippen LogP) is 1.37. The van der Waals surface area contributed by atoms with E-state index in [1.807, 2.05) is 0 Å². The fraction of sp³-hybridized carbons (Fsp3) is 0.667. The van der Waals surface area contributed by atoms with E-state index in [1.165, 1.54) is 15.6 Å². The SMILES string of the molecule is Cl.O=C(Cc1ccc(S(=O)(=O)N2CCCC2)s1)NCC1CCCN1.